The van der Waals surface area contributed by atoms with Crippen molar-refractivity contribution < 1.29 is 14.3 Å². The zero-order valence-electron chi connectivity index (χ0n) is 14.6. The van der Waals surface area contributed by atoms with E-state index >= 15 is 0 Å². The van der Waals surface area contributed by atoms with E-state index in [4.69, 9.17) is 4.74 Å². The van der Waals surface area contributed by atoms with Gasteiger partial charge in [-0.15, -0.1) is 11.3 Å². The first-order chi connectivity index (χ1) is 12.1. The monoisotopic (exact) mass is 357 g/mol. The molecule has 1 aliphatic rings. The van der Waals surface area contributed by atoms with E-state index in [1.54, 1.807) is 0 Å². The van der Waals surface area contributed by atoms with E-state index in [9.17, 15) is 9.59 Å². The minimum atomic E-state index is -0.911. The molecule has 0 radical (unpaired) electrons. The van der Waals surface area contributed by atoms with Crippen LogP contribution < -0.4 is 5.32 Å². The molecule has 1 heterocycles. The summed E-state index contributed by atoms with van der Waals surface area (Å²) in [5, 5.41) is 2.93. The third-order valence-electron chi connectivity index (χ3n) is 4.23. The smallest absolute Gasteiger partial charge is 0.349 e. The van der Waals surface area contributed by atoms with Gasteiger partial charge < -0.3 is 10.1 Å². The number of hydrogen-bond acceptors (Lipinski definition) is 4. The average molecular weight is 357 g/mol. The van der Waals surface area contributed by atoms with Crippen molar-refractivity contribution in [2.75, 3.05) is 0 Å². The Bertz CT molecular complexity index is 750. The maximum absolute atomic E-state index is 12.6. The summed E-state index contributed by atoms with van der Waals surface area (Å²) < 4.78 is 5.62. The van der Waals surface area contributed by atoms with Crippen LogP contribution in [0.5, 0.6) is 0 Å². The second-order valence-electron chi connectivity index (χ2n) is 6.42. The largest absolute Gasteiger partial charge is 0.443 e. The molecule has 3 rings (SSSR count). The van der Waals surface area contributed by atoms with Gasteiger partial charge in [0.1, 0.15) is 4.88 Å². The lowest BCUT2D eigenvalue weighted by atomic mass is 10.1. The number of carbonyl (C=O) groups excluding carboxylic acids is 2. The van der Waals surface area contributed by atoms with E-state index in [1.807, 2.05) is 43.3 Å². The van der Waals surface area contributed by atoms with Crippen LogP contribution in [0.2, 0.25) is 0 Å². The van der Waals surface area contributed by atoms with Crippen molar-refractivity contribution in [3.63, 3.8) is 0 Å². The van der Waals surface area contributed by atoms with Crippen LogP contribution in [-0.4, -0.2) is 17.9 Å². The first-order valence-electron chi connectivity index (χ1n) is 8.74. The molecule has 2 aromatic rings. The van der Waals surface area contributed by atoms with Crippen LogP contribution in [0.1, 0.15) is 58.0 Å². The van der Waals surface area contributed by atoms with Gasteiger partial charge in [0.05, 0.1) is 0 Å². The Morgan fingerprint density at radius 1 is 1.28 bits per heavy atom. The maximum Gasteiger partial charge on any atom is 0.349 e. The van der Waals surface area contributed by atoms with Gasteiger partial charge in [0.25, 0.3) is 5.91 Å². The highest BCUT2D eigenvalue weighted by Gasteiger charge is 2.31. The van der Waals surface area contributed by atoms with Crippen molar-refractivity contribution in [2.45, 2.75) is 51.7 Å². The summed E-state index contributed by atoms with van der Waals surface area (Å²) in [7, 11) is 0. The van der Waals surface area contributed by atoms with E-state index in [0.29, 0.717) is 10.4 Å². The number of amides is 1. The van der Waals surface area contributed by atoms with E-state index in [1.165, 1.54) is 16.9 Å². The molecule has 5 heteroatoms. The highest BCUT2D eigenvalue weighted by molar-refractivity contribution is 7.14. The second-order valence-corrected chi connectivity index (χ2v) is 7.68. The van der Waals surface area contributed by atoms with E-state index in [0.717, 1.165) is 30.6 Å². The minimum Gasteiger partial charge on any atom is -0.443 e. The van der Waals surface area contributed by atoms with Crippen LogP contribution in [0.15, 0.2) is 36.4 Å². The lowest BCUT2D eigenvalue weighted by molar-refractivity contribution is -0.130. The zero-order valence-corrected chi connectivity index (χ0v) is 15.4. The molecule has 25 heavy (non-hydrogen) atoms. The number of nitrogens with one attached hydrogen (secondary N) is 1. The van der Waals surface area contributed by atoms with Gasteiger partial charge in [0, 0.05) is 16.5 Å². The van der Waals surface area contributed by atoms with E-state index in [-0.39, 0.29) is 11.9 Å². The molecular formula is C20H23NO3S. The number of benzene rings is 1. The van der Waals surface area contributed by atoms with Gasteiger partial charge in [0.2, 0.25) is 6.10 Å². The van der Waals surface area contributed by atoms with Gasteiger partial charge in [-0.1, -0.05) is 43.7 Å². The number of esters is 1. The maximum atomic E-state index is 12.6. The summed E-state index contributed by atoms with van der Waals surface area (Å²) in [5.41, 5.74) is 1.87. The Kier molecular flexibility index (Phi) is 5.53. The van der Waals surface area contributed by atoms with Gasteiger partial charge in [-0.3, -0.25) is 4.79 Å². The topological polar surface area (TPSA) is 55.4 Å². The van der Waals surface area contributed by atoms with Gasteiger partial charge in [-0.25, -0.2) is 4.79 Å². The van der Waals surface area contributed by atoms with Crippen LogP contribution in [0, 0.1) is 6.92 Å². The normalized spacial score (nSPS) is 14.8. The molecule has 0 unspecified atom stereocenters. The van der Waals surface area contributed by atoms with E-state index in [2.05, 4.69) is 12.2 Å². The average Bonchev–Trinajstić information content (AvgIpc) is 3.35. The fourth-order valence-electron chi connectivity index (χ4n) is 2.71. The summed E-state index contributed by atoms with van der Waals surface area (Å²) in [6.07, 6.45) is 3.05. The molecule has 1 aliphatic carbocycles. The first kappa shape index (κ1) is 17.7. The molecule has 1 amide bonds. The molecule has 1 fully saturated rings. The Hall–Kier alpha value is -2.14. The molecule has 0 aliphatic heterocycles. The quantitative estimate of drug-likeness (QED) is 0.756. The van der Waals surface area contributed by atoms with Crippen LogP contribution in [0.3, 0.4) is 0 Å². The highest BCUT2D eigenvalue weighted by Crippen LogP contribution is 2.27. The Labute approximate surface area is 152 Å². The van der Waals surface area contributed by atoms with Crippen molar-refractivity contribution in [2.24, 2.45) is 0 Å². The highest BCUT2D eigenvalue weighted by atomic mass is 32.1. The van der Waals surface area contributed by atoms with Crippen molar-refractivity contribution >= 4 is 23.2 Å². The molecule has 1 saturated carbocycles. The standard InChI is InChI=1S/C20H23NO3S/c1-3-7-15-12-17(25-13(15)2)20(23)24-18(14-8-5-4-6-9-14)19(22)21-16-10-11-16/h4-6,8-9,12,16,18H,3,7,10-11H2,1-2H3,(H,21,22)/t18-/m0/s1. The molecule has 132 valence electrons. The van der Waals surface area contributed by atoms with Gasteiger partial charge in [0.15, 0.2) is 0 Å². The molecular weight excluding hydrogens is 334 g/mol. The molecule has 1 atom stereocenters. The molecule has 1 aromatic heterocycles. The third kappa shape index (κ3) is 4.48. The molecule has 1 aromatic carbocycles. The van der Waals surface area contributed by atoms with Crippen LogP contribution in [-0.2, 0) is 16.0 Å². The lowest BCUT2D eigenvalue weighted by Gasteiger charge is -2.17. The number of rotatable bonds is 7. The minimum absolute atomic E-state index is 0.220. The number of ether oxygens (including phenoxy) is 1. The third-order valence-corrected chi connectivity index (χ3v) is 5.30. The molecule has 1 N–H and O–H groups in total. The summed E-state index contributed by atoms with van der Waals surface area (Å²) in [5.74, 6) is -0.681. The van der Waals surface area contributed by atoms with Gasteiger partial charge in [-0.05, 0) is 37.8 Å². The van der Waals surface area contributed by atoms with Crippen LogP contribution >= 0.6 is 11.3 Å². The predicted molar refractivity (Wildman–Crippen MR) is 98.8 cm³/mol. The SMILES string of the molecule is CCCc1cc(C(=O)O[C@H](C(=O)NC2CC2)c2ccccc2)sc1C. The number of aryl methyl sites for hydroxylation is 2. The Morgan fingerprint density at radius 2 is 2.00 bits per heavy atom. The summed E-state index contributed by atoms with van der Waals surface area (Å²) in [6.45, 7) is 4.13. The van der Waals surface area contributed by atoms with Gasteiger partial charge in [-0.2, -0.15) is 0 Å². The molecule has 4 nitrogen and oxygen atoms in total. The summed E-state index contributed by atoms with van der Waals surface area (Å²) in [4.78, 5) is 26.9. The van der Waals surface area contributed by atoms with Crippen molar-refractivity contribution in [1.29, 1.82) is 0 Å². The van der Waals surface area contributed by atoms with Crippen molar-refractivity contribution in [3.8, 4) is 0 Å². The predicted octanol–water partition coefficient (Wildman–Crippen LogP) is 4.19. The van der Waals surface area contributed by atoms with E-state index < -0.39 is 12.1 Å². The van der Waals surface area contributed by atoms with Crippen molar-refractivity contribution in [1.82, 2.24) is 5.32 Å². The summed E-state index contributed by atoms with van der Waals surface area (Å²) in [6, 6.07) is 11.3. The van der Waals surface area contributed by atoms with Gasteiger partial charge >= 0.3 is 5.97 Å². The number of carbonyl (C=O) groups is 2. The Balaban J connectivity index is 1.78. The first-order valence-corrected chi connectivity index (χ1v) is 9.55. The fourth-order valence-corrected chi connectivity index (χ4v) is 3.66. The Morgan fingerprint density at radius 3 is 2.64 bits per heavy atom. The lowest BCUT2D eigenvalue weighted by Crippen LogP contribution is -2.33. The van der Waals surface area contributed by atoms with Crippen LogP contribution in [0.25, 0.3) is 0 Å². The molecule has 0 bridgehead atoms. The van der Waals surface area contributed by atoms with Crippen molar-refractivity contribution in [3.05, 3.63) is 57.3 Å². The second kappa shape index (κ2) is 7.83. The summed E-state index contributed by atoms with van der Waals surface area (Å²) >= 11 is 1.43. The fraction of sp³-hybridized carbons (Fsp3) is 0.400. The number of thiophene rings is 1. The molecule has 0 spiro atoms. The zero-order chi connectivity index (χ0) is 17.8. The van der Waals surface area contributed by atoms with Crippen LogP contribution in [0.4, 0.5) is 0 Å². The molecule has 0 saturated heterocycles. The number of hydrogen-bond donors (Lipinski definition) is 1.